The number of benzene rings is 1. The number of hydrogen-bond acceptors (Lipinski definition) is 7. The van der Waals surface area contributed by atoms with E-state index in [1.54, 1.807) is 6.07 Å². The zero-order chi connectivity index (χ0) is 31.1. The first-order valence-electron chi connectivity index (χ1n) is 15.5. The number of ether oxygens (including phenoxy) is 1. The molecule has 3 aromatic heterocycles. The van der Waals surface area contributed by atoms with E-state index in [4.69, 9.17) is 19.4 Å². The summed E-state index contributed by atoms with van der Waals surface area (Å²) in [5.41, 5.74) is 5.19. The molecule has 0 radical (unpaired) electrons. The fourth-order valence-corrected chi connectivity index (χ4v) is 7.11. The molecule has 10 heteroatoms. The molecule has 0 aliphatic heterocycles. The van der Waals surface area contributed by atoms with Crippen LogP contribution in [0, 0.1) is 11.3 Å². The summed E-state index contributed by atoms with van der Waals surface area (Å²) in [6.07, 6.45) is 9.58. The predicted molar refractivity (Wildman–Crippen MR) is 173 cm³/mol. The van der Waals surface area contributed by atoms with Crippen molar-refractivity contribution in [1.29, 1.82) is 5.26 Å². The molecule has 0 saturated heterocycles. The van der Waals surface area contributed by atoms with Gasteiger partial charge in [-0.3, -0.25) is 5.32 Å². The van der Waals surface area contributed by atoms with Gasteiger partial charge in [-0.05, 0) is 98.5 Å². The van der Waals surface area contributed by atoms with E-state index in [1.807, 2.05) is 18.5 Å². The number of carbonyl (C=O) groups is 1. The highest BCUT2D eigenvalue weighted by Crippen LogP contribution is 2.43. The number of carbonyl (C=O) groups excluding carboxylic acids is 1. The number of rotatable bonds is 7. The lowest BCUT2D eigenvalue weighted by Crippen LogP contribution is -2.44. The number of hydrogen-bond donors (Lipinski definition) is 1. The third kappa shape index (κ3) is 6.54. The molecule has 1 N–H and O–H groups in total. The van der Waals surface area contributed by atoms with E-state index >= 15 is 0 Å². The number of aromatic nitrogens is 4. The van der Waals surface area contributed by atoms with Gasteiger partial charge in [0.1, 0.15) is 5.82 Å². The van der Waals surface area contributed by atoms with Gasteiger partial charge in [-0.2, -0.15) is 5.26 Å². The minimum Gasteiger partial charge on any atom is -0.414 e. The molecule has 228 valence electrons. The van der Waals surface area contributed by atoms with Crippen molar-refractivity contribution < 1.29 is 14.0 Å². The van der Waals surface area contributed by atoms with Gasteiger partial charge in [0, 0.05) is 30.0 Å². The summed E-state index contributed by atoms with van der Waals surface area (Å²) in [4.78, 5) is 26.2. The summed E-state index contributed by atoms with van der Waals surface area (Å²) in [6.45, 7) is 11.6. The standard InChI is InChI=1S/C34H40N6O3Si/c1-34(2,3)44(4,5)43-27-11-9-26(10-12-27)40-21-37-29-17-24(8-13-30(29)40)28-18-25(23-6-7-23)19-32(38-28)42-33(41)39-31-16-22(20-35)14-15-36-31/h8,13-19,21,23,26-27H,6-7,9-12H2,1-5H3,(H,36,39,41). The molecule has 3 heterocycles. The van der Waals surface area contributed by atoms with Gasteiger partial charge in [-0.25, -0.2) is 19.7 Å². The minimum atomic E-state index is -1.77. The van der Waals surface area contributed by atoms with Crippen LogP contribution in [0.1, 0.15) is 82.4 Å². The topological polar surface area (TPSA) is 115 Å². The number of anilines is 1. The van der Waals surface area contributed by atoms with E-state index in [9.17, 15) is 4.79 Å². The van der Waals surface area contributed by atoms with Crippen molar-refractivity contribution in [2.24, 2.45) is 0 Å². The van der Waals surface area contributed by atoms with Crippen molar-refractivity contribution in [3.05, 3.63) is 66.1 Å². The van der Waals surface area contributed by atoms with Crippen LogP contribution in [0.3, 0.4) is 0 Å². The van der Waals surface area contributed by atoms with Crippen molar-refractivity contribution >= 4 is 31.3 Å². The first-order chi connectivity index (χ1) is 21.0. The molecule has 2 aliphatic rings. The largest absolute Gasteiger partial charge is 0.419 e. The highest BCUT2D eigenvalue weighted by atomic mass is 28.4. The Morgan fingerprint density at radius 2 is 1.80 bits per heavy atom. The summed E-state index contributed by atoms with van der Waals surface area (Å²) in [6, 6.07) is 15.7. The van der Waals surface area contributed by atoms with Gasteiger partial charge in [0.15, 0.2) is 8.32 Å². The Bertz CT molecular complexity index is 1730. The lowest BCUT2D eigenvalue weighted by atomic mass is 9.93. The third-order valence-corrected chi connectivity index (χ3v) is 13.9. The molecule has 0 atom stereocenters. The second kappa shape index (κ2) is 11.8. The van der Waals surface area contributed by atoms with Crippen LogP contribution in [0.25, 0.3) is 22.3 Å². The molecule has 0 unspecified atom stereocenters. The number of amides is 1. The van der Waals surface area contributed by atoms with Crippen LogP contribution in [-0.2, 0) is 4.43 Å². The average molecular weight is 609 g/mol. The van der Waals surface area contributed by atoms with Crippen LogP contribution >= 0.6 is 0 Å². The van der Waals surface area contributed by atoms with Gasteiger partial charge in [0.25, 0.3) is 0 Å². The van der Waals surface area contributed by atoms with Crippen molar-refractivity contribution in [3.63, 3.8) is 0 Å². The highest BCUT2D eigenvalue weighted by Gasteiger charge is 2.40. The SMILES string of the molecule is CC(C)(C)[Si](C)(C)OC1CCC(n2cnc3cc(-c4cc(C5CC5)cc(OC(=O)Nc5cc(C#N)ccn5)n4)ccc32)CC1. The Hall–Kier alpha value is -4.07. The van der Waals surface area contributed by atoms with Crippen LogP contribution < -0.4 is 10.1 Å². The summed E-state index contributed by atoms with van der Waals surface area (Å²) >= 11 is 0. The zero-order valence-corrected chi connectivity index (χ0v) is 27.1. The van der Waals surface area contributed by atoms with E-state index in [0.717, 1.165) is 66.4 Å². The molecule has 1 amide bonds. The van der Waals surface area contributed by atoms with Gasteiger partial charge in [0.05, 0.1) is 34.7 Å². The van der Waals surface area contributed by atoms with Gasteiger partial charge in [-0.15, -0.1) is 0 Å². The maximum atomic E-state index is 12.7. The molecule has 2 fully saturated rings. The first-order valence-corrected chi connectivity index (χ1v) is 18.4. The zero-order valence-electron chi connectivity index (χ0n) is 26.1. The van der Waals surface area contributed by atoms with Crippen molar-refractivity contribution in [3.8, 4) is 23.2 Å². The molecule has 44 heavy (non-hydrogen) atoms. The highest BCUT2D eigenvalue weighted by molar-refractivity contribution is 6.74. The molecular formula is C34H40N6O3Si. The second-order valence-corrected chi connectivity index (χ2v) is 18.4. The smallest absolute Gasteiger partial charge is 0.414 e. The number of nitriles is 1. The molecule has 1 aromatic carbocycles. The van der Waals surface area contributed by atoms with Crippen molar-refractivity contribution in [1.82, 2.24) is 19.5 Å². The van der Waals surface area contributed by atoms with E-state index in [-0.39, 0.29) is 16.7 Å². The summed E-state index contributed by atoms with van der Waals surface area (Å²) in [5, 5.41) is 11.9. The number of imidazole rings is 1. The normalized spacial score (nSPS) is 19.0. The van der Waals surface area contributed by atoms with E-state index in [1.165, 1.54) is 12.3 Å². The fraction of sp³-hybridized carbons (Fsp3) is 0.441. The molecular weight excluding hydrogens is 568 g/mol. The van der Waals surface area contributed by atoms with E-state index in [2.05, 4.69) is 78.0 Å². The lowest BCUT2D eigenvalue weighted by molar-refractivity contribution is 0.119. The second-order valence-electron chi connectivity index (χ2n) is 13.6. The Morgan fingerprint density at radius 3 is 2.50 bits per heavy atom. The van der Waals surface area contributed by atoms with Crippen LogP contribution in [0.2, 0.25) is 18.1 Å². The minimum absolute atomic E-state index is 0.219. The van der Waals surface area contributed by atoms with E-state index < -0.39 is 14.4 Å². The monoisotopic (exact) mass is 608 g/mol. The first kappa shape index (κ1) is 30.0. The molecule has 0 spiro atoms. The quantitative estimate of drug-likeness (QED) is 0.210. The summed E-state index contributed by atoms with van der Waals surface area (Å²) in [7, 11) is -1.77. The number of nitrogens with one attached hydrogen (secondary N) is 1. The Morgan fingerprint density at radius 1 is 1.02 bits per heavy atom. The van der Waals surface area contributed by atoms with Crippen LogP contribution in [0.5, 0.6) is 5.88 Å². The van der Waals surface area contributed by atoms with Crippen LogP contribution in [-0.4, -0.2) is 40.0 Å². The fourth-order valence-electron chi connectivity index (χ4n) is 5.69. The van der Waals surface area contributed by atoms with Gasteiger partial charge in [-0.1, -0.05) is 26.8 Å². The predicted octanol–water partition coefficient (Wildman–Crippen LogP) is 8.36. The van der Waals surface area contributed by atoms with Gasteiger partial charge < -0.3 is 13.7 Å². The van der Waals surface area contributed by atoms with Gasteiger partial charge in [0.2, 0.25) is 5.88 Å². The molecule has 2 aliphatic carbocycles. The Labute approximate surface area is 259 Å². The number of fused-ring (bicyclic) bond motifs is 1. The third-order valence-electron chi connectivity index (χ3n) is 9.36. The Balaban J connectivity index is 1.17. The van der Waals surface area contributed by atoms with Crippen LogP contribution in [0.4, 0.5) is 10.6 Å². The molecule has 6 rings (SSSR count). The summed E-state index contributed by atoms with van der Waals surface area (Å²) in [5.74, 6) is 0.903. The average Bonchev–Trinajstić information content (AvgIpc) is 3.76. The maximum absolute atomic E-state index is 12.7. The van der Waals surface area contributed by atoms with E-state index in [0.29, 0.717) is 23.6 Å². The maximum Gasteiger partial charge on any atom is 0.419 e. The van der Waals surface area contributed by atoms with Crippen molar-refractivity contribution in [2.75, 3.05) is 5.32 Å². The number of nitrogens with zero attached hydrogens (tertiary/aromatic N) is 5. The molecule has 2 saturated carbocycles. The Kier molecular flexibility index (Phi) is 8.03. The number of pyridine rings is 2. The summed E-state index contributed by atoms with van der Waals surface area (Å²) < 4.78 is 14.6. The molecule has 4 aromatic rings. The molecule has 0 bridgehead atoms. The van der Waals surface area contributed by atoms with Crippen molar-refractivity contribution in [2.45, 2.75) is 95.5 Å². The molecule has 9 nitrogen and oxygen atoms in total. The lowest BCUT2D eigenvalue weighted by Gasteiger charge is -2.41. The van der Waals surface area contributed by atoms with Crippen LogP contribution in [0.15, 0.2) is 55.0 Å². The van der Waals surface area contributed by atoms with Gasteiger partial charge >= 0.3 is 6.09 Å².